The van der Waals surface area contributed by atoms with Crippen LogP contribution in [0.25, 0.3) is 0 Å². The van der Waals surface area contributed by atoms with Crippen LogP contribution in [-0.4, -0.2) is 36.1 Å². The van der Waals surface area contributed by atoms with E-state index in [1.807, 2.05) is 6.07 Å². The lowest BCUT2D eigenvalue weighted by atomic mass is 10.1. The zero-order chi connectivity index (χ0) is 19.1. The average Bonchev–Trinajstić information content (AvgIpc) is 2.61. The van der Waals surface area contributed by atoms with Crippen LogP contribution >= 0.6 is 15.9 Å². The molecule has 1 N–H and O–H groups in total. The van der Waals surface area contributed by atoms with Crippen molar-refractivity contribution in [2.75, 3.05) is 18.9 Å². The molecule has 0 saturated carbocycles. The van der Waals surface area contributed by atoms with Gasteiger partial charge in [0.15, 0.2) is 5.78 Å². The molecule has 2 amide bonds. The van der Waals surface area contributed by atoms with Crippen LogP contribution in [0.2, 0.25) is 0 Å². The number of Topliss-reactive ketones (excluding diaryl/α,β-unsaturated/α-hetero) is 1. The number of amides is 2. The number of nitrogens with zero attached hydrogens (tertiary/aromatic N) is 1. The number of carbonyl (C=O) groups excluding carboxylic acids is 3. The molecule has 0 radical (unpaired) electrons. The molecule has 0 aliphatic heterocycles. The van der Waals surface area contributed by atoms with E-state index in [2.05, 4.69) is 21.2 Å². The Morgan fingerprint density at radius 1 is 1.04 bits per heavy atom. The highest BCUT2D eigenvalue weighted by molar-refractivity contribution is 9.10. The van der Waals surface area contributed by atoms with Crippen molar-refractivity contribution in [3.63, 3.8) is 0 Å². The van der Waals surface area contributed by atoms with E-state index >= 15 is 0 Å². The summed E-state index contributed by atoms with van der Waals surface area (Å²) in [4.78, 5) is 37.4. The minimum absolute atomic E-state index is 0.000653. The summed E-state index contributed by atoms with van der Waals surface area (Å²) in [5.74, 6) is -1.32. The number of ketones is 1. The smallest absolute Gasteiger partial charge is 0.244 e. The Kier molecular flexibility index (Phi) is 7.03. The van der Waals surface area contributed by atoms with Crippen molar-refractivity contribution in [3.05, 3.63) is 64.4 Å². The molecule has 136 valence electrons. The number of carbonyl (C=O) groups is 3. The molecule has 0 saturated heterocycles. The molecule has 0 spiro atoms. The minimum Gasteiger partial charge on any atom is -0.336 e. The number of hydrogen-bond donors (Lipinski definition) is 1. The third-order valence-corrected chi connectivity index (χ3v) is 4.38. The standard InChI is InChI=1S/C19H18BrFN2O3/c1-23(12-18(25)22-16-5-3-2-4-15(16)20)19(26)11-10-17(24)13-6-8-14(21)9-7-13/h2-9H,10-12H2,1H3,(H,22,25). The molecule has 2 aromatic carbocycles. The first-order valence-corrected chi connectivity index (χ1v) is 8.73. The molecule has 26 heavy (non-hydrogen) atoms. The molecular weight excluding hydrogens is 403 g/mol. The van der Waals surface area contributed by atoms with E-state index in [9.17, 15) is 18.8 Å². The lowest BCUT2D eigenvalue weighted by molar-refractivity contribution is -0.133. The van der Waals surface area contributed by atoms with Crippen LogP contribution in [0.15, 0.2) is 53.0 Å². The molecule has 2 aromatic rings. The van der Waals surface area contributed by atoms with Crippen LogP contribution in [-0.2, 0) is 9.59 Å². The van der Waals surface area contributed by atoms with E-state index in [0.717, 1.165) is 4.47 Å². The second kappa shape index (κ2) is 9.24. The van der Waals surface area contributed by atoms with Crippen molar-refractivity contribution < 1.29 is 18.8 Å². The van der Waals surface area contributed by atoms with Crippen molar-refractivity contribution in [2.24, 2.45) is 0 Å². The van der Waals surface area contributed by atoms with E-state index in [-0.39, 0.29) is 37.0 Å². The Morgan fingerprint density at radius 2 is 1.69 bits per heavy atom. The van der Waals surface area contributed by atoms with Crippen LogP contribution in [0.1, 0.15) is 23.2 Å². The molecule has 0 unspecified atom stereocenters. The van der Waals surface area contributed by atoms with E-state index in [1.54, 1.807) is 18.2 Å². The van der Waals surface area contributed by atoms with Gasteiger partial charge >= 0.3 is 0 Å². The van der Waals surface area contributed by atoms with E-state index in [4.69, 9.17) is 0 Å². The monoisotopic (exact) mass is 420 g/mol. The van der Waals surface area contributed by atoms with Gasteiger partial charge in [-0.25, -0.2) is 4.39 Å². The highest BCUT2D eigenvalue weighted by atomic mass is 79.9. The predicted molar refractivity (Wildman–Crippen MR) is 100 cm³/mol. The number of nitrogens with one attached hydrogen (secondary N) is 1. The summed E-state index contributed by atoms with van der Waals surface area (Å²) in [5, 5.41) is 2.71. The predicted octanol–water partition coefficient (Wildman–Crippen LogP) is 3.65. The van der Waals surface area contributed by atoms with Crippen molar-refractivity contribution in [1.29, 1.82) is 0 Å². The maximum atomic E-state index is 12.9. The summed E-state index contributed by atoms with van der Waals surface area (Å²) >= 11 is 3.33. The average molecular weight is 421 g/mol. The second-order valence-electron chi connectivity index (χ2n) is 5.71. The van der Waals surface area contributed by atoms with Crippen LogP contribution in [0.5, 0.6) is 0 Å². The summed E-state index contributed by atoms with van der Waals surface area (Å²) in [6.45, 7) is -0.120. The highest BCUT2D eigenvalue weighted by Gasteiger charge is 2.16. The first-order chi connectivity index (χ1) is 12.4. The van der Waals surface area contributed by atoms with Gasteiger partial charge in [-0.3, -0.25) is 14.4 Å². The van der Waals surface area contributed by atoms with Crippen LogP contribution in [0.4, 0.5) is 10.1 Å². The molecule has 0 atom stereocenters. The summed E-state index contributed by atoms with van der Waals surface area (Å²) in [6, 6.07) is 12.3. The highest BCUT2D eigenvalue weighted by Crippen LogP contribution is 2.21. The van der Waals surface area contributed by atoms with Crippen molar-refractivity contribution in [3.8, 4) is 0 Å². The minimum atomic E-state index is -0.423. The molecule has 7 heteroatoms. The SMILES string of the molecule is CN(CC(=O)Nc1ccccc1Br)C(=O)CCC(=O)c1ccc(F)cc1. The van der Waals surface area contributed by atoms with Crippen molar-refractivity contribution >= 4 is 39.2 Å². The quantitative estimate of drug-likeness (QED) is 0.695. The largest absolute Gasteiger partial charge is 0.336 e. The zero-order valence-electron chi connectivity index (χ0n) is 14.2. The van der Waals surface area contributed by atoms with Gasteiger partial charge in [-0.2, -0.15) is 0 Å². The van der Waals surface area contributed by atoms with E-state index in [1.165, 1.54) is 36.2 Å². The third kappa shape index (κ3) is 5.77. The number of likely N-dealkylation sites (N-methyl/N-ethyl adjacent to an activating group) is 1. The molecule has 0 aliphatic rings. The van der Waals surface area contributed by atoms with Gasteiger partial charge in [-0.05, 0) is 52.3 Å². The topological polar surface area (TPSA) is 66.5 Å². The van der Waals surface area contributed by atoms with Crippen LogP contribution < -0.4 is 5.32 Å². The summed E-state index contributed by atoms with van der Waals surface area (Å²) in [7, 11) is 1.50. The van der Waals surface area contributed by atoms with Crippen molar-refractivity contribution in [1.82, 2.24) is 4.90 Å². The van der Waals surface area contributed by atoms with E-state index < -0.39 is 5.82 Å². The fourth-order valence-corrected chi connectivity index (χ4v) is 2.63. The fourth-order valence-electron chi connectivity index (χ4n) is 2.25. The summed E-state index contributed by atoms with van der Waals surface area (Å²) in [5.41, 5.74) is 0.971. The molecule has 0 heterocycles. The van der Waals surface area contributed by atoms with Gasteiger partial charge in [-0.15, -0.1) is 0 Å². The number of anilines is 1. The first-order valence-electron chi connectivity index (χ1n) is 7.94. The molecule has 2 rings (SSSR count). The number of benzene rings is 2. The van der Waals surface area contributed by atoms with Gasteiger partial charge in [0.2, 0.25) is 11.8 Å². The maximum Gasteiger partial charge on any atom is 0.244 e. The summed E-state index contributed by atoms with van der Waals surface area (Å²) < 4.78 is 13.6. The third-order valence-electron chi connectivity index (χ3n) is 3.69. The number of para-hydroxylation sites is 1. The molecule has 0 aliphatic carbocycles. The first kappa shape index (κ1) is 19.8. The Hall–Kier alpha value is -2.54. The molecule has 0 bridgehead atoms. The van der Waals surface area contributed by atoms with Gasteiger partial charge < -0.3 is 10.2 Å². The van der Waals surface area contributed by atoms with Gasteiger partial charge in [-0.1, -0.05) is 12.1 Å². The Bertz CT molecular complexity index is 809. The molecular formula is C19H18BrFN2O3. The van der Waals surface area contributed by atoms with Crippen molar-refractivity contribution in [2.45, 2.75) is 12.8 Å². The lowest BCUT2D eigenvalue weighted by Crippen LogP contribution is -2.35. The van der Waals surface area contributed by atoms with Crippen LogP contribution in [0.3, 0.4) is 0 Å². The van der Waals surface area contributed by atoms with Gasteiger partial charge in [0.1, 0.15) is 5.82 Å². The number of hydrogen-bond acceptors (Lipinski definition) is 3. The van der Waals surface area contributed by atoms with Gasteiger partial charge in [0.05, 0.1) is 12.2 Å². The zero-order valence-corrected chi connectivity index (χ0v) is 15.8. The van der Waals surface area contributed by atoms with E-state index in [0.29, 0.717) is 11.3 Å². The lowest BCUT2D eigenvalue weighted by Gasteiger charge is -2.17. The van der Waals surface area contributed by atoms with Gasteiger partial charge in [0, 0.05) is 29.9 Å². The fraction of sp³-hybridized carbons (Fsp3) is 0.211. The molecule has 0 fully saturated rings. The number of rotatable bonds is 7. The maximum absolute atomic E-state index is 12.9. The molecule has 0 aromatic heterocycles. The Morgan fingerprint density at radius 3 is 2.35 bits per heavy atom. The molecule has 5 nitrogen and oxygen atoms in total. The normalized spacial score (nSPS) is 10.3. The summed E-state index contributed by atoms with van der Waals surface area (Å²) in [6.07, 6.45) is -0.0182. The Labute approximate surface area is 159 Å². The van der Waals surface area contributed by atoms with Crippen LogP contribution in [0, 0.1) is 5.82 Å². The Balaban J connectivity index is 1.81. The van der Waals surface area contributed by atoms with Gasteiger partial charge in [0.25, 0.3) is 0 Å². The number of halogens is 2. The second-order valence-corrected chi connectivity index (χ2v) is 6.56.